The molecule has 0 saturated heterocycles. The second kappa shape index (κ2) is 2.52. The number of hydrogen-bond acceptors (Lipinski definition) is 2. The van der Waals surface area contributed by atoms with Gasteiger partial charge in [0.2, 0.25) is 0 Å². The van der Waals surface area contributed by atoms with E-state index in [2.05, 4.69) is 12.2 Å². The maximum Gasteiger partial charge on any atom is 0.404 e. The van der Waals surface area contributed by atoms with Gasteiger partial charge in [0.1, 0.15) is 6.10 Å². The molecule has 11 heavy (non-hydrogen) atoms. The topological polar surface area (TPSA) is 26.3 Å². The normalized spacial score (nSPS) is 39.5. The molecule has 1 saturated carbocycles. The number of carbonyl (C=O) groups excluding carboxylic acids is 1. The molecule has 0 aromatic heterocycles. The van der Waals surface area contributed by atoms with Crippen molar-refractivity contribution in [3.05, 3.63) is 12.2 Å². The monoisotopic (exact) mass is 172 g/mol. The standard InChI is InChI=1S/C8H9ClO2/c9-8(10)11-7-4-5-1-2-6(7)3-5/h1-2,5-7H,3-4H2/t5-,6+,7-/m1/s1. The van der Waals surface area contributed by atoms with Gasteiger partial charge in [-0.1, -0.05) is 12.2 Å². The molecule has 0 N–H and O–H groups in total. The minimum atomic E-state index is -0.670. The van der Waals surface area contributed by atoms with E-state index in [1.54, 1.807) is 0 Å². The number of carbonyl (C=O) groups is 1. The predicted octanol–water partition coefficient (Wildman–Crippen LogP) is 2.33. The molecule has 0 amide bonds. The van der Waals surface area contributed by atoms with E-state index in [0.29, 0.717) is 11.8 Å². The van der Waals surface area contributed by atoms with Gasteiger partial charge in [-0.25, -0.2) is 4.79 Å². The lowest BCUT2D eigenvalue weighted by Gasteiger charge is -2.16. The summed E-state index contributed by atoms with van der Waals surface area (Å²) in [4.78, 5) is 10.4. The van der Waals surface area contributed by atoms with Crippen molar-refractivity contribution in [1.29, 1.82) is 0 Å². The summed E-state index contributed by atoms with van der Waals surface area (Å²) in [5.41, 5.74) is -0.670. The molecule has 3 atom stereocenters. The Balaban J connectivity index is 1.98. The molecule has 0 unspecified atom stereocenters. The SMILES string of the molecule is O=C(Cl)O[C@@H]1C[C@@H]2C=C[C@H]1C2. The Kier molecular flexibility index (Phi) is 1.64. The molecule has 60 valence electrons. The summed E-state index contributed by atoms with van der Waals surface area (Å²) >= 11 is 5.11. The molecule has 1 fully saturated rings. The van der Waals surface area contributed by atoms with Crippen molar-refractivity contribution >= 4 is 17.0 Å². The third-order valence-corrected chi connectivity index (χ3v) is 2.55. The fourth-order valence-corrected chi connectivity index (χ4v) is 2.10. The zero-order chi connectivity index (χ0) is 7.84. The Hall–Kier alpha value is -0.500. The molecule has 0 heterocycles. The van der Waals surface area contributed by atoms with Gasteiger partial charge in [0, 0.05) is 17.5 Å². The Labute approximate surface area is 70.2 Å². The van der Waals surface area contributed by atoms with Gasteiger partial charge < -0.3 is 4.74 Å². The molecule has 0 aromatic carbocycles. The maximum absolute atomic E-state index is 10.4. The molecule has 0 spiro atoms. The maximum atomic E-state index is 10.4. The first kappa shape index (κ1) is 7.17. The molecule has 2 aliphatic rings. The Bertz CT molecular complexity index is 212. The summed E-state index contributed by atoms with van der Waals surface area (Å²) in [5, 5.41) is 0. The minimum Gasteiger partial charge on any atom is -0.450 e. The van der Waals surface area contributed by atoms with Gasteiger partial charge in [-0.2, -0.15) is 0 Å². The van der Waals surface area contributed by atoms with E-state index in [0.717, 1.165) is 12.8 Å². The lowest BCUT2D eigenvalue weighted by atomic mass is 10.1. The second-order valence-corrected chi connectivity index (χ2v) is 3.48. The first-order valence-electron chi connectivity index (χ1n) is 3.80. The van der Waals surface area contributed by atoms with Crippen LogP contribution in [0, 0.1) is 11.8 Å². The van der Waals surface area contributed by atoms with Crippen LogP contribution in [0.15, 0.2) is 12.2 Å². The summed E-state index contributed by atoms with van der Waals surface area (Å²) in [6.07, 6.45) is 6.46. The zero-order valence-electron chi connectivity index (χ0n) is 6.00. The molecule has 2 rings (SSSR count). The summed E-state index contributed by atoms with van der Waals surface area (Å²) in [7, 11) is 0. The Morgan fingerprint density at radius 2 is 2.27 bits per heavy atom. The van der Waals surface area contributed by atoms with Gasteiger partial charge in [0.15, 0.2) is 0 Å². The fraction of sp³-hybridized carbons (Fsp3) is 0.625. The molecule has 0 aliphatic heterocycles. The highest BCUT2D eigenvalue weighted by Gasteiger charge is 2.37. The van der Waals surface area contributed by atoms with Crippen LogP contribution < -0.4 is 0 Å². The first-order valence-corrected chi connectivity index (χ1v) is 4.18. The van der Waals surface area contributed by atoms with Crippen LogP contribution in [0.1, 0.15) is 12.8 Å². The summed E-state index contributed by atoms with van der Waals surface area (Å²) in [5.74, 6) is 1.06. The molecule has 2 nitrogen and oxygen atoms in total. The van der Waals surface area contributed by atoms with E-state index in [9.17, 15) is 4.79 Å². The van der Waals surface area contributed by atoms with Crippen molar-refractivity contribution in [2.24, 2.45) is 11.8 Å². The number of rotatable bonds is 1. The smallest absolute Gasteiger partial charge is 0.404 e. The lowest BCUT2D eigenvalue weighted by Crippen LogP contribution is -2.18. The summed E-state index contributed by atoms with van der Waals surface area (Å²) in [6.45, 7) is 0. The van der Waals surface area contributed by atoms with E-state index < -0.39 is 5.43 Å². The van der Waals surface area contributed by atoms with Crippen molar-refractivity contribution in [2.45, 2.75) is 18.9 Å². The van der Waals surface area contributed by atoms with Gasteiger partial charge in [0.05, 0.1) is 0 Å². The third-order valence-electron chi connectivity index (χ3n) is 2.46. The highest BCUT2D eigenvalue weighted by Crippen LogP contribution is 2.40. The predicted molar refractivity (Wildman–Crippen MR) is 41.5 cm³/mol. The average molecular weight is 173 g/mol. The van der Waals surface area contributed by atoms with E-state index >= 15 is 0 Å². The van der Waals surface area contributed by atoms with Crippen molar-refractivity contribution in [2.75, 3.05) is 0 Å². The number of fused-ring (bicyclic) bond motifs is 2. The van der Waals surface area contributed by atoms with Crippen LogP contribution in [0.5, 0.6) is 0 Å². The number of allylic oxidation sites excluding steroid dienone is 1. The lowest BCUT2D eigenvalue weighted by molar-refractivity contribution is 0.105. The summed E-state index contributed by atoms with van der Waals surface area (Å²) in [6, 6.07) is 0. The first-order chi connectivity index (χ1) is 5.25. The molecule has 0 aromatic rings. The van der Waals surface area contributed by atoms with E-state index in [1.807, 2.05) is 0 Å². The average Bonchev–Trinajstić information content (AvgIpc) is 2.45. The largest absolute Gasteiger partial charge is 0.450 e. The quantitative estimate of drug-likeness (QED) is 0.448. The number of halogens is 1. The van der Waals surface area contributed by atoms with Crippen molar-refractivity contribution < 1.29 is 9.53 Å². The van der Waals surface area contributed by atoms with Gasteiger partial charge in [-0.05, 0) is 18.8 Å². The van der Waals surface area contributed by atoms with E-state index in [-0.39, 0.29) is 6.10 Å². The Morgan fingerprint density at radius 3 is 2.73 bits per heavy atom. The number of hydrogen-bond donors (Lipinski definition) is 0. The Morgan fingerprint density at radius 1 is 1.45 bits per heavy atom. The molecular weight excluding hydrogens is 164 g/mol. The van der Waals surface area contributed by atoms with Crippen molar-refractivity contribution in [3.8, 4) is 0 Å². The highest BCUT2D eigenvalue weighted by atomic mass is 35.5. The number of ether oxygens (including phenoxy) is 1. The fourth-order valence-electron chi connectivity index (χ4n) is 1.98. The van der Waals surface area contributed by atoms with Gasteiger partial charge >= 0.3 is 5.43 Å². The molecule has 3 heteroatoms. The van der Waals surface area contributed by atoms with Crippen LogP contribution in [-0.2, 0) is 4.74 Å². The van der Waals surface area contributed by atoms with Crippen LogP contribution in [0.3, 0.4) is 0 Å². The third kappa shape index (κ3) is 1.27. The van der Waals surface area contributed by atoms with Crippen molar-refractivity contribution in [1.82, 2.24) is 0 Å². The van der Waals surface area contributed by atoms with E-state index in [1.165, 1.54) is 0 Å². The van der Waals surface area contributed by atoms with Gasteiger partial charge in [-0.15, -0.1) is 0 Å². The van der Waals surface area contributed by atoms with Crippen LogP contribution in [0.25, 0.3) is 0 Å². The molecule has 0 radical (unpaired) electrons. The molecule has 2 aliphatic carbocycles. The van der Waals surface area contributed by atoms with Crippen LogP contribution in [0.4, 0.5) is 4.79 Å². The van der Waals surface area contributed by atoms with Crippen molar-refractivity contribution in [3.63, 3.8) is 0 Å². The molecular formula is C8H9ClO2. The molecule has 2 bridgehead atoms. The van der Waals surface area contributed by atoms with Gasteiger partial charge in [0.25, 0.3) is 0 Å². The minimum absolute atomic E-state index is 0.0509. The van der Waals surface area contributed by atoms with Crippen LogP contribution in [0.2, 0.25) is 0 Å². The zero-order valence-corrected chi connectivity index (χ0v) is 6.75. The summed E-state index contributed by atoms with van der Waals surface area (Å²) < 4.78 is 4.92. The van der Waals surface area contributed by atoms with E-state index in [4.69, 9.17) is 16.3 Å². The highest BCUT2D eigenvalue weighted by molar-refractivity contribution is 6.61. The van der Waals surface area contributed by atoms with Crippen LogP contribution in [-0.4, -0.2) is 11.5 Å². The second-order valence-electron chi connectivity index (χ2n) is 3.17. The van der Waals surface area contributed by atoms with Crippen LogP contribution >= 0.6 is 11.6 Å². The van der Waals surface area contributed by atoms with Gasteiger partial charge in [-0.3, -0.25) is 0 Å².